The van der Waals surface area contributed by atoms with Crippen molar-refractivity contribution < 1.29 is 8.42 Å². The first-order valence-electron chi connectivity index (χ1n) is 5.38. The van der Waals surface area contributed by atoms with Gasteiger partial charge in [-0.3, -0.25) is 4.79 Å². The van der Waals surface area contributed by atoms with Gasteiger partial charge in [0.1, 0.15) is 4.90 Å². The Morgan fingerprint density at radius 3 is 2.75 bits per heavy atom. The Bertz CT molecular complexity index is 830. The fourth-order valence-corrected chi connectivity index (χ4v) is 3.21. The topological polar surface area (TPSA) is 129 Å². The summed E-state index contributed by atoms with van der Waals surface area (Å²) in [6.45, 7) is -0.0412. The van der Waals surface area contributed by atoms with E-state index in [0.717, 1.165) is 11.3 Å². The normalized spacial score (nSPS) is 11.2. The van der Waals surface area contributed by atoms with Crippen molar-refractivity contribution >= 4 is 27.0 Å². The molecule has 1 heterocycles. The number of nitrogens with zero attached hydrogens (tertiary/aromatic N) is 1. The highest BCUT2D eigenvalue weighted by atomic mass is 32.2. The van der Waals surface area contributed by atoms with E-state index in [1.807, 2.05) is 6.07 Å². The first-order chi connectivity index (χ1) is 9.42. The summed E-state index contributed by atoms with van der Waals surface area (Å²) < 4.78 is 26.5. The standard InChI is InChI=1S/C11H10N4O3S2/c12-4-7-1-2-10(9(13)3-7)20(17,18)14-5-8-6-19-11(16)15-8/h1-3,6,14H,5,13H2,(H,15,16). The summed E-state index contributed by atoms with van der Waals surface area (Å²) in [6.07, 6.45) is 0. The minimum absolute atomic E-state index is 0.00429. The van der Waals surface area contributed by atoms with Crippen LogP contribution in [0.25, 0.3) is 0 Å². The molecule has 0 spiro atoms. The Kier molecular flexibility index (Phi) is 3.89. The zero-order valence-corrected chi connectivity index (χ0v) is 11.7. The molecule has 2 rings (SSSR count). The van der Waals surface area contributed by atoms with Crippen molar-refractivity contribution in [3.8, 4) is 6.07 Å². The smallest absolute Gasteiger partial charge is 0.304 e. The van der Waals surface area contributed by atoms with E-state index in [4.69, 9.17) is 11.0 Å². The van der Waals surface area contributed by atoms with E-state index < -0.39 is 10.0 Å². The molecule has 7 nitrogen and oxygen atoms in total. The minimum atomic E-state index is -3.81. The molecule has 0 saturated carbocycles. The van der Waals surface area contributed by atoms with Gasteiger partial charge < -0.3 is 10.7 Å². The number of sulfonamides is 1. The zero-order chi connectivity index (χ0) is 14.8. The first-order valence-corrected chi connectivity index (χ1v) is 7.74. The highest BCUT2D eigenvalue weighted by Crippen LogP contribution is 2.19. The fourth-order valence-electron chi connectivity index (χ4n) is 1.51. The van der Waals surface area contributed by atoms with Crippen molar-refractivity contribution in [2.24, 2.45) is 0 Å². The Morgan fingerprint density at radius 2 is 2.20 bits per heavy atom. The average Bonchev–Trinajstić information content (AvgIpc) is 2.82. The molecule has 2 aromatic rings. The Balaban J connectivity index is 2.22. The van der Waals surface area contributed by atoms with Gasteiger partial charge in [0.25, 0.3) is 0 Å². The highest BCUT2D eigenvalue weighted by molar-refractivity contribution is 7.89. The number of nitrogen functional groups attached to an aromatic ring is 1. The molecule has 1 aromatic carbocycles. The number of thiazole rings is 1. The lowest BCUT2D eigenvalue weighted by molar-refractivity contribution is 0.581. The summed E-state index contributed by atoms with van der Waals surface area (Å²) in [5, 5.41) is 10.2. The van der Waals surface area contributed by atoms with Crippen molar-refractivity contribution in [1.82, 2.24) is 9.71 Å². The van der Waals surface area contributed by atoms with Gasteiger partial charge >= 0.3 is 4.87 Å². The summed E-state index contributed by atoms with van der Waals surface area (Å²) in [5.74, 6) is 0. The molecule has 0 amide bonds. The fraction of sp³-hybridized carbons (Fsp3) is 0.0909. The number of nitrogens with two attached hydrogens (primary N) is 1. The van der Waals surface area contributed by atoms with Gasteiger partial charge in [-0.05, 0) is 18.2 Å². The molecule has 0 bridgehead atoms. The quantitative estimate of drug-likeness (QED) is 0.703. The molecule has 0 aliphatic carbocycles. The predicted molar refractivity (Wildman–Crippen MR) is 74.5 cm³/mol. The van der Waals surface area contributed by atoms with Gasteiger partial charge in [-0.15, -0.1) is 0 Å². The van der Waals surface area contributed by atoms with Crippen molar-refractivity contribution in [1.29, 1.82) is 5.26 Å². The van der Waals surface area contributed by atoms with Crippen LogP contribution in [0, 0.1) is 11.3 Å². The molecule has 104 valence electrons. The minimum Gasteiger partial charge on any atom is -0.398 e. The SMILES string of the molecule is N#Cc1ccc(S(=O)(=O)NCc2csc(=O)[nH]2)c(N)c1. The molecular formula is C11H10N4O3S2. The third kappa shape index (κ3) is 3.05. The van der Waals surface area contributed by atoms with Gasteiger partial charge in [-0.25, -0.2) is 13.1 Å². The Morgan fingerprint density at radius 1 is 1.45 bits per heavy atom. The van der Waals surface area contributed by atoms with Crippen LogP contribution in [0.2, 0.25) is 0 Å². The Hall–Kier alpha value is -2.15. The molecule has 0 atom stereocenters. The van der Waals surface area contributed by atoms with E-state index in [2.05, 4.69) is 9.71 Å². The van der Waals surface area contributed by atoms with Crippen molar-refractivity contribution in [3.63, 3.8) is 0 Å². The van der Waals surface area contributed by atoms with Crippen LogP contribution in [-0.4, -0.2) is 13.4 Å². The number of nitrogens with one attached hydrogen (secondary N) is 2. The Labute approximate surface area is 118 Å². The second-order valence-electron chi connectivity index (χ2n) is 3.86. The molecular weight excluding hydrogens is 300 g/mol. The summed E-state index contributed by atoms with van der Waals surface area (Å²) >= 11 is 0.952. The third-order valence-electron chi connectivity index (χ3n) is 2.45. The number of H-pyrrole nitrogens is 1. The zero-order valence-electron chi connectivity index (χ0n) is 10.1. The van der Waals surface area contributed by atoms with Crippen LogP contribution in [0.3, 0.4) is 0 Å². The van der Waals surface area contributed by atoms with E-state index in [1.165, 1.54) is 23.6 Å². The number of anilines is 1. The number of benzene rings is 1. The second kappa shape index (κ2) is 5.46. The summed E-state index contributed by atoms with van der Waals surface area (Å²) in [7, 11) is -3.81. The van der Waals surface area contributed by atoms with Crippen LogP contribution in [-0.2, 0) is 16.6 Å². The van der Waals surface area contributed by atoms with Crippen LogP contribution >= 0.6 is 11.3 Å². The van der Waals surface area contributed by atoms with Crippen LogP contribution < -0.4 is 15.3 Å². The first kappa shape index (κ1) is 14.3. The molecule has 20 heavy (non-hydrogen) atoms. The molecule has 0 aliphatic rings. The summed E-state index contributed by atoms with van der Waals surface area (Å²) in [5.41, 5.74) is 6.38. The monoisotopic (exact) mass is 310 g/mol. The van der Waals surface area contributed by atoms with Gasteiger partial charge in [-0.2, -0.15) is 5.26 Å². The molecule has 0 aliphatic heterocycles. The van der Waals surface area contributed by atoms with E-state index in [-0.39, 0.29) is 27.6 Å². The summed E-state index contributed by atoms with van der Waals surface area (Å²) in [6, 6.07) is 5.81. The predicted octanol–water partition coefficient (Wildman–Crippen LogP) is 0.369. The number of aromatic nitrogens is 1. The van der Waals surface area contributed by atoms with Crippen molar-refractivity contribution in [3.05, 3.63) is 44.5 Å². The van der Waals surface area contributed by atoms with Crippen molar-refractivity contribution in [2.45, 2.75) is 11.4 Å². The van der Waals surface area contributed by atoms with Gasteiger partial charge in [0.15, 0.2) is 0 Å². The number of hydrogen-bond acceptors (Lipinski definition) is 6. The third-order valence-corrected chi connectivity index (χ3v) is 4.65. The number of aromatic amines is 1. The largest absolute Gasteiger partial charge is 0.398 e. The van der Waals surface area contributed by atoms with Crippen LogP contribution in [0.15, 0.2) is 33.3 Å². The van der Waals surface area contributed by atoms with Crippen LogP contribution in [0.5, 0.6) is 0 Å². The van der Waals surface area contributed by atoms with Gasteiger partial charge in [0, 0.05) is 11.1 Å². The molecule has 0 unspecified atom stereocenters. The average molecular weight is 310 g/mol. The van der Waals surface area contributed by atoms with E-state index >= 15 is 0 Å². The highest BCUT2D eigenvalue weighted by Gasteiger charge is 2.17. The molecule has 9 heteroatoms. The maximum Gasteiger partial charge on any atom is 0.304 e. The number of nitriles is 1. The summed E-state index contributed by atoms with van der Waals surface area (Å²) in [4.78, 5) is 13.1. The van der Waals surface area contributed by atoms with Crippen LogP contribution in [0.4, 0.5) is 5.69 Å². The maximum absolute atomic E-state index is 12.1. The van der Waals surface area contributed by atoms with Crippen LogP contribution in [0.1, 0.15) is 11.3 Å². The number of hydrogen-bond donors (Lipinski definition) is 3. The van der Waals surface area contributed by atoms with E-state index in [1.54, 1.807) is 0 Å². The lowest BCUT2D eigenvalue weighted by Crippen LogP contribution is -2.24. The lowest BCUT2D eigenvalue weighted by atomic mass is 10.2. The molecule has 4 N–H and O–H groups in total. The number of rotatable bonds is 4. The van der Waals surface area contributed by atoms with Crippen molar-refractivity contribution in [2.75, 3.05) is 5.73 Å². The lowest BCUT2D eigenvalue weighted by Gasteiger charge is -2.08. The second-order valence-corrected chi connectivity index (χ2v) is 6.44. The van der Waals surface area contributed by atoms with E-state index in [0.29, 0.717) is 5.69 Å². The maximum atomic E-state index is 12.1. The molecule has 0 fully saturated rings. The molecule has 0 radical (unpaired) electrons. The molecule has 1 aromatic heterocycles. The van der Waals surface area contributed by atoms with Gasteiger partial charge in [0.2, 0.25) is 10.0 Å². The molecule has 0 saturated heterocycles. The van der Waals surface area contributed by atoms with E-state index in [9.17, 15) is 13.2 Å². The van der Waals surface area contributed by atoms with Gasteiger partial charge in [-0.1, -0.05) is 11.3 Å². The van der Waals surface area contributed by atoms with Gasteiger partial charge in [0.05, 0.1) is 23.9 Å².